The van der Waals surface area contributed by atoms with Crippen LogP contribution >= 0.6 is 11.8 Å². The van der Waals surface area contributed by atoms with Crippen molar-refractivity contribution in [3.8, 4) is 5.75 Å². The van der Waals surface area contributed by atoms with Gasteiger partial charge in [0.05, 0.1) is 0 Å². The molecule has 0 fully saturated rings. The summed E-state index contributed by atoms with van der Waals surface area (Å²) in [6.45, 7) is 5.79. The average Bonchev–Trinajstić information content (AvgIpc) is 2.78. The predicted molar refractivity (Wildman–Crippen MR) is 132 cm³/mol. The molecule has 1 atom stereocenters. The highest BCUT2D eigenvalue weighted by Crippen LogP contribution is 2.31. The van der Waals surface area contributed by atoms with Crippen LogP contribution in [0.15, 0.2) is 73.3 Å². The second-order valence-corrected chi connectivity index (χ2v) is 8.25. The molecule has 0 saturated carbocycles. The number of benzene rings is 2. The fraction of sp³-hybridized carbons (Fsp3) is 0.320. The highest BCUT2D eigenvalue weighted by molar-refractivity contribution is 7.98. The number of ether oxygens (including phenoxy) is 1. The van der Waals surface area contributed by atoms with Crippen LogP contribution < -0.4 is 9.64 Å². The molecule has 0 spiro atoms. The van der Waals surface area contributed by atoms with E-state index in [4.69, 9.17) is 4.74 Å². The molecule has 0 aliphatic rings. The first-order valence-corrected chi connectivity index (χ1v) is 11.8. The molecule has 0 aliphatic carbocycles. The summed E-state index contributed by atoms with van der Waals surface area (Å²) in [6, 6.07) is 12.4. The lowest BCUT2D eigenvalue weighted by Crippen LogP contribution is -2.38. The van der Waals surface area contributed by atoms with Crippen LogP contribution in [0, 0.1) is 5.82 Å². The summed E-state index contributed by atoms with van der Waals surface area (Å²) in [5.74, 6) is 0.102. The second-order valence-electron chi connectivity index (χ2n) is 7.27. The summed E-state index contributed by atoms with van der Waals surface area (Å²) in [4.78, 5) is 15.9. The molecule has 0 aromatic heterocycles. The monoisotopic (exact) mass is 458 g/mol. The molecule has 0 heterocycles. The number of thioether (sulfide) groups is 1. The minimum atomic E-state index is -0.921. The topological polar surface area (TPSA) is 53.0 Å². The Labute approximate surface area is 194 Å². The number of carboxylic acids is 1. The smallest absolute Gasteiger partial charge is 0.326 e. The standard InChI is InChI=1S/C25H31FN2O3S/c1-4-16-27(2)17-5-6-18-31-23-13-11-22(12-14-23)28(21-9-7-20(26)8-10-21)24(25(29)30)15-19-32-3/h4-14,24H,1,15-19H2,2-3H3,(H,29,30)/b6-5+/t24-/m0/s1. The first-order valence-electron chi connectivity index (χ1n) is 10.4. The first-order chi connectivity index (χ1) is 15.5. The predicted octanol–water partition coefficient (Wildman–Crippen LogP) is 5.22. The summed E-state index contributed by atoms with van der Waals surface area (Å²) in [5.41, 5.74) is 1.33. The van der Waals surface area contributed by atoms with E-state index in [0.29, 0.717) is 35.9 Å². The van der Waals surface area contributed by atoms with Gasteiger partial charge in [0.25, 0.3) is 0 Å². The number of anilines is 2. The van der Waals surface area contributed by atoms with Crippen molar-refractivity contribution in [2.45, 2.75) is 12.5 Å². The average molecular weight is 459 g/mol. The fourth-order valence-corrected chi connectivity index (χ4v) is 3.63. The Balaban J connectivity index is 2.14. The van der Waals surface area contributed by atoms with Gasteiger partial charge in [0.1, 0.15) is 24.2 Å². The number of likely N-dealkylation sites (N-methyl/N-ethyl adjacent to an activating group) is 1. The Kier molecular flexibility index (Phi) is 10.8. The van der Waals surface area contributed by atoms with Crippen LogP contribution in [0.2, 0.25) is 0 Å². The lowest BCUT2D eigenvalue weighted by atomic mass is 10.1. The molecular formula is C25H31FN2O3S. The van der Waals surface area contributed by atoms with Crippen molar-refractivity contribution in [3.63, 3.8) is 0 Å². The van der Waals surface area contributed by atoms with E-state index < -0.39 is 12.0 Å². The van der Waals surface area contributed by atoms with Crippen LogP contribution in [0.5, 0.6) is 5.75 Å². The molecule has 0 saturated heterocycles. The molecule has 0 amide bonds. The highest BCUT2D eigenvalue weighted by Gasteiger charge is 2.27. The number of aliphatic carboxylic acids is 1. The Morgan fingerprint density at radius 1 is 1.12 bits per heavy atom. The molecule has 2 aromatic carbocycles. The third-order valence-electron chi connectivity index (χ3n) is 4.78. The quantitative estimate of drug-likeness (QED) is 0.392. The molecule has 1 N–H and O–H groups in total. The zero-order valence-corrected chi connectivity index (χ0v) is 19.4. The van der Waals surface area contributed by atoms with Gasteiger partial charge in [-0.05, 0) is 74.0 Å². The van der Waals surface area contributed by atoms with Crippen LogP contribution in [0.3, 0.4) is 0 Å². The largest absolute Gasteiger partial charge is 0.490 e. The molecule has 0 bridgehead atoms. The lowest BCUT2D eigenvalue weighted by molar-refractivity contribution is -0.138. The summed E-state index contributed by atoms with van der Waals surface area (Å²) < 4.78 is 19.2. The molecule has 2 aromatic rings. The van der Waals surface area contributed by atoms with Gasteiger partial charge in [-0.15, -0.1) is 6.58 Å². The van der Waals surface area contributed by atoms with Crippen LogP contribution in [-0.2, 0) is 4.79 Å². The minimum Gasteiger partial charge on any atom is -0.490 e. The van der Waals surface area contributed by atoms with E-state index in [9.17, 15) is 14.3 Å². The molecule has 2 rings (SSSR count). The Bertz CT molecular complexity index is 872. The van der Waals surface area contributed by atoms with Gasteiger partial charge < -0.3 is 14.7 Å². The van der Waals surface area contributed by atoms with E-state index in [-0.39, 0.29) is 5.82 Å². The maximum absolute atomic E-state index is 13.5. The highest BCUT2D eigenvalue weighted by atomic mass is 32.2. The number of carbonyl (C=O) groups is 1. The van der Waals surface area contributed by atoms with Crippen LogP contribution in [-0.4, -0.2) is 60.8 Å². The normalized spacial score (nSPS) is 12.1. The Morgan fingerprint density at radius 2 is 1.75 bits per heavy atom. The van der Waals surface area contributed by atoms with Gasteiger partial charge in [-0.25, -0.2) is 9.18 Å². The zero-order chi connectivity index (χ0) is 23.3. The first kappa shape index (κ1) is 25.5. The van der Waals surface area contributed by atoms with Gasteiger partial charge in [-0.3, -0.25) is 4.90 Å². The van der Waals surface area contributed by atoms with Crippen molar-refractivity contribution in [1.82, 2.24) is 4.90 Å². The summed E-state index contributed by atoms with van der Waals surface area (Å²) >= 11 is 1.59. The number of carboxylic acid groups (broad SMARTS) is 1. The van der Waals surface area contributed by atoms with Crippen LogP contribution in [0.4, 0.5) is 15.8 Å². The number of rotatable bonds is 14. The summed E-state index contributed by atoms with van der Waals surface area (Å²) in [5, 5.41) is 9.88. The third kappa shape index (κ3) is 8.05. The molecule has 172 valence electrons. The van der Waals surface area contributed by atoms with Crippen LogP contribution in [0.25, 0.3) is 0 Å². The molecular weight excluding hydrogens is 427 g/mol. The van der Waals surface area contributed by atoms with E-state index in [1.165, 1.54) is 12.1 Å². The number of nitrogens with zero attached hydrogens (tertiary/aromatic N) is 2. The van der Waals surface area contributed by atoms with E-state index in [1.807, 2.05) is 55.8 Å². The molecule has 0 aliphatic heterocycles. The summed E-state index contributed by atoms with van der Waals surface area (Å²) in [6.07, 6.45) is 8.26. The lowest BCUT2D eigenvalue weighted by Gasteiger charge is -2.31. The number of hydrogen-bond donors (Lipinski definition) is 1. The van der Waals surface area contributed by atoms with Crippen molar-refractivity contribution in [2.75, 3.05) is 43.7 Å². The van der Waals surface area contributed by atoms with Gasteiger partial charge in [0.15, 0.2) is 0 Å². The Morgan fingerprint density at radius 3 is 2.31 bits per heavy atom. The van der Waals surface area contributed by atoms with E-state index in [0.717, 1.165) is 13.1 Å². The maximum atomic E-state index is 13.5. The van der Waals surface area contributed by atoms with Gasteiger partial charge in [-0.1, -0.05) is 18.2 Å². The molecule has 0 unspecified atom stereocenters. The molecule has 7 heteroatoms. The third-order valence-corrected chi connectivity index (χ3v) is 5.43. The SMILES string of the molecule is C=CCN(C)C/C=C/COc1ccc(N(c2ccc(F)cc2)[C@@H](CCSC)C(=O)O)cc1. The fourth-order valence-electron chi connectivity index (χ4n) is 3.17. The van der Waals surface area contributed by atoms with Gasteiger partial charge >= 0.3 is 5.97 Å². The molecule has 0 radical (unpaired) electrons. The summed E-state index contributed by atoms with van der Waals surface area (Å²) in [7, 11) is 2.02. The van der Waals surface area contributed by atoms with E-state index in [1.54, 1.807) is 28.8 Å². The van der Waals surface area contributed by atoms with Crippen molar-refractivity contribution >= 4 is 29.1 Å². The van der Waals surface area contributed by atoms with Crippen molar-refractivity contribution in [2.24, 2.45) is 0 Å². The minimum absolute atomic E-state index is 0.364. The Hall–Kier alpha value is -2.77. The molecule has 5 nitrogen and oxygen atoms in total. The van der Waals surface area contributed by atoms with E-state index in [2.05, 4.69) is 11.5 Å². The van der Waals surface area contributed by atoms with Gasteiger partial charge in [-0.2, -0.15) is 11.8 Å². The van der Waals surface area contributed by atoms with Gasteiger partial charge in [0.2, 0.25) is 0 Å². The van der Waals surface area contributed by atoms with Crippen molar-refractivity contribution < 1.29 is 19.0 Å². The van der Waals surface area contributed by atoms with E-state index >= 15 is 0 Å². The number of hydrogen-bond acceptors (Lipinski definition) is 5. The van der Waals surface area contributed by atoms with Crippen molar-refractivity contribution in [3.05, 3.63) is 79.2 Å². The molecule has 32 heavy (non-hydrogen) atoms. The zero-order valence-electron chi connectivity index (χ0n) is 18.6. The second kappa shape index (κ2) is 13.6. The van der Waals surface area contributed by atoms with Crippen LogP contribution in [0.1, 0.15) is 6.42 Å². The number of halogens is 1. The van der Waals surface area contributed by atoms with Gasteiger partial charge in [0, 0.05) is 24.5 Å². The maximum Gasteiger partial charge on any atom is 0.326 e. The van der Waals surface area contributed by atoms with Crippen molar-refractivity contribution in [1.29, 1.82) is 0 Å².